The summed E-state index contributed by atoms with van der Waals surface area (Å²) in [6.45, 7) is 1.20. The second-order valence-corrected chi connectivity index (χ2v) is 6.68. The summed E-state index contributed by atoms with van der Waals surface area (Å²) in [6, 6.07) is 7.40. The van der Waals surface area contributed by atoms with Crippen molar-refractivity contribution in [2.24, 2.45) is 11.8 Å². The van der Waals surface area contributed by atoms with Gasteiger partial charge in [-0.15, -0.1) is 0 Å². The van der Waals surface area contributed by atoms with Gasteiger partial charge in [-0.25, -0.2) is 4.72 Å². The van der Waals surface area contributed by atoms with Crippen LogP contribution in [0.1, 0.15) is 32.1 Å². The normalized spacial score (nSPS) is 23.7. The van der Waals surface area contributed by atoms with Crippen LogP contribution in [0.15, 0.2) is 24.3 Å². The zero-order valence-corrected chi connectivity index (χ0v) is 13.5. The molecule has 0 radical (unpaired) electrons. The summed E-state index contributed by atoms with van der Waals surface area (Å²) in [7, 11) is 0. The number of rotatable bonds is 7. The first kappa shape index (κ1) is 16.7. The van der Waals surface area contributed by atoms with E-state index >= 15 is 0 Å². The second-order valence-electron chi connectivity index (χ2n) is 5.49. The highest BCUT2D eigenvalue weighted by atomic mass is 35.5. The van der Waals surface area contributed by atoms with Crippen LogP contribution in [0.4, 0.5) is 0 Å². The van der Waals surface area contributed by atoms with Crippen molar-refractivity contribution in [2.45, 2.75) is 32.1 Å². The summed E-state index contributed by atoms with van der Waals surface area (Å²) in [5, 5.41) is 0.703. The SMILES string of the molecule is O=S([O-])NCCC1CCCCC1COc1ccc(Cl)cc1. The van der Waals surface area contributed by atoms with E-state index in [1.807, 2.05) is 24.3 Å². The molecule has 1 N–H and O–H groups in total. The van der Waals surface area contributed by atoms with E-state index in [1.165, 1.54) is 12.8 Å². The topological polar surface area (TPSA) is 61.4 Å². The molecule has 0 spiro atoms. The fourth-order valence-electron chi connectivity index (χ4n) is 2.95. The third kappa shape index (κ3) is 5.94. The maximum atomic E-state index is 10.5. The van der Waals surface area contributed by atoms with E-state index in [0.717, 1.165) is 25.0 Å². The van der Waals surface area contributed by atoms with E-state index in [-0.39, 0.29) is 0 Å². The van der Waals surface area contributed by atoms with Gasteiger partial charge in [-0.05, 0) is 48.9 Å². The molecule has 1 fully saturated rings. The molecule has 3 unspecified atom stereocenters. The van der Waals surface area contributed by atoms with Gasteiger partial charge in [-0.1, -0.05) is 30.9 Å². The molecule has 21 heavy (non-hydrogen) atoms. The van der Waals surface area contributed by atoms with Crippen LogP contribution in [0.3, 0.4) is 0 Å². The summed E-state index contributed by atoms with van der Waals surface area (Å²) in [4.78, 5) is 0. The molecule has 0 heterocycles. The third-order valence-electron chi connectivity index (χ3n) is 4.08. The molecule has 2 rings (SSSR count). The molecule has 1 aliphatic rings. The van der Waals surface area contributed by atoms with Crippen molar-refractivity contribution >= 4 is 22.9 Å². The quantitative estimate of drug-likeness (QED) is 0.780. The van der Waals surface area contributed by atoms with Crippen LogP contribution in [0.5, 0.6) is 5.75 Å². The molecule has 1 aliphatic carbocycles. The Kier molecular flexibility index (Phi) is 6.96. The lowest BCUT2D eigenvalue weighted by Crippen LogP contribution is -2.29. The molecule has 1 aromatic carbocycles. The van der Waals surface area contributed by atoms with Crippen LogP contribution in [-0.2, 0) is 11.3 Å². The maximum Gasteiger partial charge on any atom is 0.119 e. The average Bonchev–Trinajstić information content (AvgIpc) is 2.47. The highest BCUT2D eigenvalue weighted by molar-refractivity contribution is 7.77. The van der Waals surface area contributed by atoms with Crippen molar-refractivity contribution in [3.05, 3.63) is 29.3 Å². The van der Waals surface area contributed by atoms with Crippen LogP contribution in [0.25, 0.3) is 0 Å². The van der Waals surface area contributed by atoms with Crippen LogP contribution in [0.2, 0.25) is 5.02 Å². The highest BCUT2D eigenvalue weighted by Gasteiger charge is 2.25. The minimum Gasteiger partial charge on any atom is -0.760 e. The summed E-state index contributed by atoms with van der Waals surface area (Å²) < 4.78 is 29.3. The molecule has 0 aliphatic heterocycles. The molecule has 0 bridgehead atoms. The summed E-state index contributed by atoms with van der Waals surface area (Å²) in [5.41, 5.74) is 0. The van der Waals surface area contributed by atoms with Crippen molar-refractivity contribution in [1.82, 2.24) is 4.72 Å². The van der Waals surface area contributed by atoms with Crippen molar-refractivity contribution in [3.8, 4) is 5.75 Å². The van der Waals surface area contributed by atoms with Gasteiger partial charge in [-0.2, -0.15) is 0 Å². The van der Waals surface area contributed by atoms with Gasteiger partial charge in [0.15, 0.2) is 0 Å². The first-order chi connectivity index (χ1) is 10.1. The summed E-state index contributed by atoms with van der Waals surface area (Å²) in [5.74, 6) is 1.86. The first-order valence-corrected chi connectivity index (χ1v) is 8.81. The highest BCUT2D eigenvalue weighted by Crippen LogP contribution is 2.32. The Bertz CT molecular complexity index is 455. The number of hydrogen-bond donors (Lipinski definition) is 1. The number of nitrogens with one attached hydrogen (secondary N) is 1. The van der Waals surface area contributed by atoms with Crippen LogP contribution < -0.4 is 9.46 Å². The first-order valence-electron chi connectivity index (χ1n) is 7.36. The molecule has 4 nitrogen and oxygen atoms in total. The molecular formula is C15H21ClNO3S-. The standard InChI is InChI=1S/C15H22ClNO3S/c16-14-5-7-15(8-6-14)20-11-13-4-2-1-3-12(13)9-10-17-21(18)19/h5-8,12-13,17H,1-4,9-11H2,(H,18,19)/p-1. The lowest BCUT2D eigenvalue weighted by atomic mass is 9.78. The van der Waals surface area contributed by atoms with E-state index < -0.39 is 11.3 Å². The smallest absolute Gasteiger partial charge is 0.119 e. The number of hydrogen-bond acceptors (Lipinski definition) is 3. The van der Waals surface area contributed by atoms with Crippen molar-refractivity contribution in [2.75, 3.05) is 13.2 Å². The lowest BCUT2D eigenvalue weighted by Gasteiger charge is -2.31. The summed E-state index contributed by atoms with van der Waals surface area (Å²) >= 11 is 3.69. The number of halogens is 1. The van der Waals surface area contributed by atoms with Gasteiger partial charge in [0.25, 0.3) is 0 Å². The molecule has 6 heteroatoms. The molecular weight excluding hydrogens is 310 g/mol. The van der Waals surface area contributed by atoms with E-state index in [4.69, 9.17) is 16.3 Å². The molecule has 0 amide bonds. The van der Waals surface area contributed by atoms with Gasteiger partial charge in [-0.3, -0.25) is 4.21 Å². The van der Waals surface area contributed by atoms with Gasteiger partial charge in [0, 0.05) is 22.8 Å². The van der Waals surface area contributed by atoms with Crippen LogP contribution in [0, 0.1) is 11.8 Å². The second kappa shape index (κ2) is 8.73. The zero-order valence-electron chi connectivity index (χ0n) is 11.9. The Hall–Kier alpha value is -0.620. The van der Waals surface area contributed by atoms with Gasteiger partial charge in [0.05, 0.1) is 6.61 Å². The predicted molar refractivity (Wildman–Crippen MR) is 83.9 cm³/mol. The Morgan fingerprint density at radius 2 is 1.90 bits per heavy atom. The van der Waals surface area contributed by atoms with E-state index in [9.17, 15) is 8.76 Å². The molecule has 0 saturated heterocycles. The fraction of sp³-hybridized carbons (Fsp3) is 0.600. The van der Waals surface area contributed by atoms with Gasteiger partial charge in [0.2, 0.25) is 0 Å². The van der Waals surface area contributed by atoms with Crippen molar-refractivity contribution < 1.29 is 13.5 Å². The van der Waals surface area contributed by atoms with Crippen molar-refractivity contribution in [3.63, 3.8) is 0 Å². The Labute approximate surface area is 133 Å². The maximum absolute atomic E-state index is 10.5. The number of benzene rings is 1. The average molecular weight is 331 g/mol. The lowest BCUT2D eigenvalue weighted by molar-refractivity contribution is 0.143. The minimum atomic E-state index is -2.16. The zero-order chi connectivity index (χ0) is 15.1. The Balaban J connectivity index is 1.80. The van der Waals surface area contributed by atoms with E-state index in [2.05, 4.69) is 4.72 Å². The van der Waals surface area contributed by atoms with E-state index in [1.54, 1.807) is 0 Å². The molecule has 1 aromatic rings. The van der Waals surface area contributed by atoms with Crippen LogP contribution in [-0.4, -0.2) is 21.9 Å². The summed E-state index contributed by atoms with van der Waals surface area (Å²) in [6.07, 6.45) is 5.64. The predicted octanol–water partition coefficient (Wildman–Crippen LogP) is 3.30. The van der Waals surface area contributed by atoms with E-state index in [0.29, 0.717) is 30.0 Å². The minimum absolute atomic E-state index is 0.497. The Morgan fingerprint density at radius 1 is 1.24 bits per heavy atom. The van der Waals surface area contributed by atoms with Crippen molar-refractivity contribution in [1.29, 1.82) is 0 Å². The Morgan fingerprint density at radius 3 is 2.57 bits per heavy atom. The monoisotopic (exact) mass is 330 g/mol. The van der Waals surface area contributed by atoms with Gasteiger partial charge >= 0.3 is 0 Å². The molecule has 3 atom stereocenters. The van der Waals surface area contributed by atoms with Gasteiger partial charge < -0.3 is 9.29 Å². The third-order valence-corrected chi connectivity index (χ3v) is 4.77. The molecule has 118 valence electrons. The van der Waals surface area contributed by atoms with Crippen LogP contribution >= 0.6 is 11.6 Å². The fourth-order valence-corrected chi connectivity index (χ4v) is 3.36. The molecule has 1 saturated carbocycles. The number of ether oxygens (including phenoxy) is 1. The van der Waals surface area contributed by atoms with Gasteiger partial charge in [0.1, 0.15) is 5.75 Å². The molecule has 0 aromatic heterocycles. The largest absolute Gasteiger partial charge is 0.760 e.